The van der Waals surface area contributed by atoms with Crippen LogP contribution >= 0.6 is 11.6 Å². The SMILES string of the molecule is Cc1nc(F)ccc1[C@H](Cc1cc(Cl)c2ncc(C#N)c(NCC(C)(C)C)c2c1)c1cn(C2(C(=O)O)CC2)nn1. The fraction of sp³-hybridized carbons (Fsp3) is 0.379. The van der Waals surface area contributed by atoms with Crippen LogP contribution in [0.25, 0.3) is 10.9 Å². The van der Waals surface area contributed by atoms with E-state index in [1.807, 2.05) is 12.1 Å². The summed E-state index contributed by atoms with van der Waals surface area (Å²) in [6.45, 7) is 8.64. The van der Waals surface area contributed by atoms with Crippen molar-refractivity contribution < 1.29 is 14.3 Å². The lowest BCUT2D eigenvalue weighted by Gasteiger charge is -2.22. The first-order valence-corrected chi connectivity index (χ1v) is 13.3. The first-order chi connectivity index (χ1) is 18.9. The molecule has 1 aliphatic carbocycles. The van der Waals surface area contributed by atoms with E-state index in [1.165, 1.54) is 16.9 Å². The van der Waals surface area contributed by atoms with Gasteiger partial charge in [-0.15, -0.1) is 5.10 Å². The monoisotopic (exact) mass is 561 g/mol. The number of hydrogen-bond donors (Lipinski definition) is 2. The zero-order valence-electron chi connectivity index (χ0n) is 22.7. The topological polar surface area (TPSA) is 130 Å². The average Bonchev–Trinajstić information content (AvgIpc) is 3.56. The van der Waals surface area contributed by atoms with Crippen LogP contribution < -0.4 is 5.32 Å². The van der Waals surface area contributed by atoms with Gasteiger partial charge in [-0.05, 0) is 60.9 Å². The van der Waals surface area contributed by atoms with Crippen LogP contribution in [0.4, 0.5) is 10.1 Å². The number of aryl methyl sites for hydroxylation is 1. The quantitative estimate of drug-likeness (QED) is 0.266. The number of anilines is 1. The van der Waals surface area contributed by atoms with Crippen LogP contribution in [0.3, 0.4) is 0 Å². The maximum atomic E-state index is 13.9. The number of pyridine rings is 2. The van der Waals surface area contributed by atoms with E-state index in [0.29, 0.717) is 64.4 Å². The number of carboxylic acid groups (broad SMARTS) is 1. The highest BCUT2D eigenvalue weighted by Crippen LogP contribution is 2.44. The van der Waals surface area contributed by atoms with Gasteiger partial charge in [0.1, 0.15) is 6.07 Å². The van der Waals surface area contributed by atoms with E-state index in [4.69, 9.17) is 11.6 Å². The second kappa shape index (κ2) is 10.1. The lowest BCUT2D eigenvalue weighted by atomic mass is 9.88. The number of aromatic nitrogens is 5. The Kier molecular flexibility index (Phi) is 6.96. The molecule has 0 saturated heterocycles. The molecule has 3 heterocycles. The van der Waals surface area contributed by atoms with Gasteiger partial charge in [-0.2, -0.15) is 9.65 Å². The van der Waals surface area contributed by atoms with Gasteiger partial charge in [0.15, 0.2) is 5.54 Å². The van der Waals surface area contributed by atoms with Gasteiger partial charge in [0.2, 0.25) is 5.95 Å². The molecule has 0 radical (unpaired) electrons. The number of aliphatic carboxylic acids is 1. The lowest BCUT2D eigenvalue weighted by Crippen LogP contribution is -2.27. The molecule has 40 heavy (non-hydrogen) atoms. The first-order valence-electron chi connectivity index (χ1n) is 13.0. The molecule has 0 unspecified atom stereocenters. The van der Waals surface area contributed by atoms with E-state index in [1.54, 1.807) is 19.2 Å². The molecule has 1 fully saturated rings. The number of rotatable bonds is 8. The Labute approximate surface area is 236 Å². The van der Waals surface area contributed by atoms with Gasteiger partial charge in [-0.3, -0.25) is 4.98 Å². The standard InChI is InChI=1S/C29H29ClFN7O2/c1-16-19(5-6-24(31)35-16)20(23-14-38(37-36-23)29(7-8-29)27(39)40)9-17-10-21-25(34-15-28(2,3)4)18(12-32)13-33-26(21)22(30)11-17/h5-6,10-11,13-14,20H,7-9,15H2,1-4H3,(H,33,34)(H,39,40)/t20-/m0/s1. The normalized spacial score (nSPS) is 15.0. The number of nitrogens with one attached hydrogen (secondary N) is 1. The minimum atomic E-state index is -1.08. The summed E-state index contributed by atoms with van der Waals surface area (Å²) in [6.07, 6.45) is 4.52. The zero-order chi connectivity index (χ0) is 28.8. The lowest BCUT2D eigenvalue weighted by molar-refractivity contribution is -0.142. The Hall–Kier alpha value is -4.10. The fourth-order valence-electron chi connectivity index (χ4n) is 4.89. The third-order valence-electron chi connectivity index (χ3n) is 7.24. The number of hydrogen-bond acceptors (Lipinski definition) is 7. The molecule has 0 aliphatic heterocycles. The first kappa shape index (κ1) is 27.5. The van der Waals surface area contributed by atoms with Gasteiger partial charge in [-0.25, -0.2) is 14.5 Å². The van der Waals surface area contributed by atoms with Crippen molar-refractivity contribution in [1.29, 1.82) is 5.26 Å². The van der Waals surface area contributed by atoms with Gasteiger partial charge >= 0.3 is 5.97 Å². The summed E-state index contributed by atoms with van der Waals surface area (Å²) >= 11 is 6.72. The van der Waals surface area contributed by atoms with Crippen LogP contribution in [0.5, 0.6) is 0 Å². The summed E-state index contributed by atoms with van der Waals surface area (Å²) in [4.78, 5) is 20.3. The summed E-state index contributed by atoms with van der Waals surface area (Å²) < 4.78 is 15.3. The highest BCUT2D eigenvalue weighted by molar-refractivity contribution is 6.35. The van der Waals surface area contributed by atoms with Crippen LogP contribution in [-0.4, -0.2) is 42.6 Å². The molecular formula is C29H29ClFN7O2. The predicted molar refractivity (Wildman–Crippen MR) is 149 cm³/mol. The number of benzene rings is 1. The summed E-state index contributed by atoms with van der Waals surface area (Å²) in [5.41, 5.74) is 3.11. The number of carboxylic acids is 1. The Morgan fingerprint density at radius 2 is 2.08 bits per heavy atom. The van der Waals surface area contributed by atoms with Crippen molar-refractivity contribution in [2.45, 2.75) is 58.4 Å². The third kappa shape index (κ3) is 5.21. The van der Waals surface area contributed by atoms with E-state index in [-0.39, 0.29) is 5.41 Å². The molecule has 3 aromatic heterocycles. The fourth-order valence-corrected chi connectivity index (χ4v) is 5.18. The maximum Gasteiger partial charge on any atom is 0.331 e. The highest BCUT2D eigenvalue weighted by atomic mass is 35.5. The Morgan fingerprint density at radius 1 is 1.32 bits per heavy atom. The van der Waals surface area contributed by atoms with Crippen molar-refractivity contribution in [3.05, 3.63) is 75.7 Å². The van der Waals surface area contributed by atoms with E-state index in [9.17, 15) is 19.6 Å². The summed E-state index contributed by atoms with van der Waals surface area (Å²) in [6, 6.07) is 8.95. The van der Waals surface area contributed by atoms with Crippen molar-refractivity contribution in [3.8, 4) is 6.07 Å². The molecule has 0 bridgehead atoms. The molecule has 206 valence electrons. The smallest absolute Gasteiger partial charge is 0.331 e. The van der Waals surface area contributed by atoms with Crippen LogP contribution in [0, 0.1) is 29.6 Å². The van der Waals surface area contributed by atoms with Gasteiger partial charge in [-0.1, -0.05) is 43.7 Å². The molecule has 1 aliphatic rings. The summed E-state index contributed by atoms with van der Waals surface area (Å²) in [5.74, 6) is -1.96. The third-order valence-corrected chi connectivity index (χ3v) is 7.53. The highest BCUT2D eigenvalue weighted by Gasteiger charge is 2.53. The Bertz CT molecular complexity index is 1670. The van der Waals surface area contributed by atoms with Crippen LogP contribution in [0.2, 0.25) is 5.02 Å². The van der Waals surface area contributed by atoms with Crippen LogP contribution in [0.1, 0.15) is 67.6 Å². The molecule has 5 rings (SSSR count). The molecular weight excluding hydrogens is 533 g/mol. The Morgan fingerprint density at radius 3 is 2.70 bits per heavy atom. The van der Waals surface area contributed by atoms with Crippen LogP contribution in [-0.2, 0) is 16.8 Å². The maximum absolute atomic E-state index is 13.9. The van der Waals surface area contributed by atoms with E-state index in [0.717, 1.165) is 11.1 Å². The van der Waals surface area contributed by atoms with Gasteiger partial charge in [0.25, 0.3) is 0 Å². The molecule has 0 amide bonds. The van der Waals surface area contributed by atoms with Gasteiger partial charge in [0.05, 0.1) is 33.7 Å². The van der Waals surface area contributed by atoms with Crippen molar-refractivity contribution in [2.75, 3.05) is 11.9 Å². The average molecular weight is 562 g/mol. The zero-order valence-corrected chi connectivity index (χ0v) is 23.4. The van der Waals surface area contributed by atoms with Crippen molar-refractivity contribution in [3.63, 3.8) is 0 Å². The predicted octanol–water partition coefficient (Wildman–Crippen LogP) is 5.60. The summed E-state index contributed by atoms with van der Waals surface area (Å²) in [7, 11) is 0. The summed E-state index contributed by atoms with van der Waals surface area (Å²) in [5, 5.41) is 32.6. The van der Waals surface area contributed by atoms with Crippen molar-refractivity contribution >= 4 is 34.2 Å². The Balaban J connectivity index is 1.61. The van der Waals surface area contributed by atoms with Crippen molar-refractivity contribution in [1.82, 2.24) is 25.0 Å². The second-order valence-electron chi connectivity index (χ2n) is 11.5. The van der Waals surface area contributed by atoms with E-state index < -0.39 is 23.4 Å². The van der Waals surface area contributed by atoms with E-state index in [2.05, 4.69) is 52.4 Å². The molecule has 2 N–H and O–H groups in total. The number of halogens is 2. The largest absolute Gasteiger partial charge is 0.479 e. The van der Waals surface area contributed by atoms with Crippen LogP contribution in [0.15, 0.2) is 36.7 Å². The molecule has 11 heteroatoms. The van der Waals surface area contributed by atoms with Gasteiger partial charge in [0, 0.05) is 29.7 Å². The minimum Gasteiger partial charge on any atom is -0.479 e. The molecule has 9 nitrogen and oxygen atoms in total. The molecule has 4 aromatic rings. The van der Waals surface area contributed by atoms with Gasteiger partial charge < -0.3 is 10.4 Å². The van der Waals surface area contributed by atoms with Crippen molar-refractivity contribution in [2.24, 2.45) is 5.41 Å². The number of nitriles is 1. The minimum absolute atomic E-state index is 0.0391. The molecule has 0 spiro atoms. The number of fused-ring (bicyclic) bond motifs is 1. The second-order valence-corrected chi connectivity index (χ2v) is 11.9. The number of nitrogens with zero attached hydrogens (tertiary/aromatic N) is 6. The van der Waals surface area contributed by atoms with E-state index >= 15 is 0 Å². The molecule has 1 saturated carbocycles. The molecule has 1 aromatic carbocycles. The number of carbonyl (C=O) groups is 1. The molecule has 1 atom stereocenters.